The second-order valence-corrected chi connectivity index (χ2v) is 7.81. The van der Waals surface area contributed by atoms with Gasteiger partial charge in [0.2, 0.25) is 11.8 Å². The molecule has 1 N–H and O–H groups in total. The number of aliphatic hydroxyl groups excluding tert-OH is 1. The molecule has 30 heavy (non-hydrogen) atoms. The number of hydrogen-bond donors (Lipinski definition) is 1. The molecule has 0 aliphatic rings. The van der Waals surface area contributed by atoms with Crippen LogP contribution in [0.3, 0.4) is 0 Å². The summed E-state index contributed by atoms with van der Waals surface area (Å²) in [6.07, 6.45) is 7.43. The van der Waals surface area contributed by atoms with Crippen LogP contribution in [-0.4, -0.2) is 85.4 Å². The minimum Gasteiger partial charge on any atom is -0.394 e. The van der Waals surface area contributed by atoms with E-state index in [-0.39, 0.29) is 38.2 Å². The van der Waals surface area contributed by atoms with Crippen LogP contribution in [0.25, 0.3) is 0 Å². The van der Waals surface area contributed by atoms with E-state index in [4.69, 9.17) is 9.47 Å². The Hall–Kier alpha value is -1.18. The van der Waals surface area contributed by atoms with E-state index in [1.807, 2.05) is 9.80 Å². The third kappa shape index (κ3) is 13.9. The van der Waals surface area contributed by atoms with Gasteiger partial charge in [-0.1, -0.05) is 53.4 Å². The summed E-state index contributed by atoms with van der Waals surface area (Å²) in [5.41, 5.74) is 0. The molecular weight excluding hydrogens is 384 g/mol. The van der Waals surface area contributed by atoms with Gasteiger partial charge >= 0.3 is 0 Å². The van der Waals surface area contributed by atoms with Gasteiger partial charge in [0.05, 0.1) is 13.2 Å². The number of rotatable bonds is 20. The van der Waals surface area contributed by atoms with Gasteiger partial charge in [0.25, 0.3) is 0 Å². The molecular formula is C23H46N2O5. The lowest BCUT2D eigenvalue weighted by atomic mass is 10.2. The van der Waals surface area contributed by atoms with E-state index in [0.29, 0.717) is 0 Å². The Morgan fingerprint density at radius 2 is 1.13 bits per heavy atom. The molecule has 178 valence electrons. The van der Waals surface area contributed by atoms with Gasteiger partial charge in [-0.2, -0.15) is 0 Å². The zero-order chi connectivity index (χ0) is 22.6. The van der Waals surface area contributed by atoms with E-state index in [2.05, 4.69) is 27.7 Å². The highest BCUT2D eigenvalue weighted by molar-refractivity contribution is 5.77. The Morgan fingerprint density at radius 1 is 0.733 bits per heavy atom. The highest BCUT2D eigenvalue weighted by Gasteiger charge is 2.18. The second kappa shape index (κ2) is 19.8. The fourth-order valence-electron chi connectivity index (χ4n) is 2.92. The number of aliphatic hydroxyl groups is 1. The largest absolute Gasteiger partial charge is 0.394 e. The van der Waals surface area contributed by atoms with Crippen molar-refractivity contribution in [3.63, 3.8) is 0 Å². The van der Waals surface area contributed by atoms with Gasteiger partial charge in [-0.3, -0.25) is 9.59 Å². The average Bonchev–Trinajstić information content (AvgIpc) is 2.75. The molecule has 7 heteroatoms. The molecule has 0 bridgehead atoms. The number of nitrogens with zero attached hydrogens (tertiary/aromatic N) is 2. The van der Waals surface area contributed by atoms with E-state index < -0.39 is 6.10 Å². The zero-order valence-electron chi connectivity index (χ0n) is 19.9. The van der Waals surface area contributed by atoms with E-state index in [9.17, 15) is 14.7 Å². The van der Waals surface area contributed by atoms with Gasteiger partial charge in [0.15, 0.2) is 0 Å². The Labute approximate surface area is 184 Å². The molecule has 0 aromatic carbocycles. The van der Waals surface area contributed by atoms with Crippen molar-refractivity contribution in [3.8, 4) is 0 Å². The molecule has 1 unspecified atom stereocenters. The van der Waals surface area contributed by atoms with Gasteiger partial charge in [-0.05, 0) is 25.7 Å². The molecule has 0 aromatic heterocycles. The molecule has 7 nitrogen and oxygen atoms in total. The average molecular weight is 431 g/mol. The van der Waals surface area contributed by atoms with Crippen molar-refractivity contribution in [3.05, 3.63) is 0 Å². The van der Waals surface area contributed by atoms with Crippen molar-refractivity contribution >= 4 is 11.8 Å². The maximum atomic E-state index is 12.5. The predicted molar refractivity (Wildman–Crippen MR) is 120 cm³/mol. The van der Waals surface area contributed by atoms with Crippen LogP contribution in [0.1, 0.15) is 79.1 Å². The van der Waals surface area contributed by atoms with Crippen LogP contribution >= 0.6 is 0 Å². The first kappa shape index (κ1) is 28.8. The fourth-order valence-corrected chi connectivity index (χ4v) is 2.92. The molecule has 0 saturated carbocycles. The van der Waals surface area contributed by atoms with Gasteiger partial charge in [0.1, 0.15) is 19.3 Å². The lowest BCUT2D eigenvalue weighted by Crippen LogP contribution is -2.39. The van der Waals surface area contributed by atoms with Gasteiger partial charge in [-0.25, -0.2) is 0 Å². The summed E-state index contributed by atoms with van der Waals surface area (Å²) >= 11 is 0. The molecule has 0 aromatic rings. The molecule has 0 saturated heterocycles. The maximum Gasteiger partial charge on any atom is 0.248 e. The second-order valence-electron chi connectivity index (χ2n) is 7.81. The monoisotopic (exact) mass is 430 g/mol. The molecule has 0 aliphatic heterocycles. The first-order chi connectivity index (χ1) is 14.5. The smallest absolute Gasteiger partial charge is 0.248 e. The van der Waals surface area contributed by atoms with Crippen molar-refractivity contribution in [1.29, 1.82) is 0 Å². The van der Waals surface area contributed by atoms with Crippen LogP contribution in [0.2, 0.25) is 0 Å². The van der Waals surface area contributed by atoms with Gasteiger partial charge in [0, 0.05) is 26.2 Å². The SMILES string of the molecule is CCCCN(CCCC)C(=O)COCC(CO)OCC(=O)N(CCCC)CCCC. The quantitative estimate of drug-likeness (QED) is 0.321. The van der Waals surface area contributed by atoms with Crippen molar-refractivity contribution in [1.82, 2.24) is 9.80 Å². The van der Waals surface area contributed by atoms with Gasteiger partial charge < -0.3 is 24.4 Å². The standard InChI is InChI=1S/C23H46N2O5/c1-5-9-13-24(14-10-6-2)22(27)19-29-18-21(17-26)30-20-23(28)25(15-11-7-3)16-12-8-4/h21,26H,5-20H2,1-4H3. The first-order valence-electron chi connectivity index (χ1n) is 11.9. The number of hydrogen-bond acceptors (Lipinski definition) is 5. The summed E-state index contributed by atoms with van der Waals surface area (Å²) in [6.45, 7) is 11.1. The summed E-state index contributed by atoms with van der Waals surface area (Å²) < 4.78 is 11.1. The minimum absolute atomic E-state index is 0.0274. The zero-order valence-corrected chi connectivity index (χ0v) is 19.9. The fraction of sp³-hybridized carbons (Fsp3) is 0.913. The van der Waals surface area contributed by atoms with Crippen LogP contribution in [0, 0.1) is 0 Å². The molecule has 2 amide bonds. The van der Waals surface area contributed by atoms with E-state index in [0.717, 1.165) is 77.5 Å². The lowest BCUT2D eigenvalue weighted by molar-refractivity contribution is -0.144. The summed E-state index contributed by atoms with van der Waals surface area (Å²) in [4.78, 5) is 28.6. The van der Waals surface area contributed by atoms with Crippen molar-refractivity contribution < 1.29 is 24.2 Å². The molecule has 0 heterocycles. The number of ether oxygens (including phenoxy) is 2. The Morgan fingerprint density at radius 3 is 1.50 bits per heavy atom. The topological polar surface area (TPSA) is 79.3 Å². The van der Waals surface area contributed by atoms with Crippen molar-refractivity contribution in [2.24, 2.45) is 0 Å². The molecule has 1 atom stereocenters. The Balaban J connectivity index is 4.39. The van der Waals surface area contributed by atoms with Crippen molar-refractivity contribution in [2.75, 3.05) is 52.6 Å². The predicted octanol–water partition coefficient (Wildman–Crippen LogP) is 3.24. The first-order valence-corrected chi connectivity index (χ1v) is 11.9. The van der Waals surface area contributed by atoms with E-state index in [1.165, 1.54) is 0 Å². The van der Waals surface area contributed by atoms with Crippen LogP contribution in [0.5, 0.6) is 0 Å². The highest BCUT2D eigenvalue weighted by Crippen LogP contribution is 2.04. The van der Waals surface area contributed by atoms with Crippen molar-refractivity contribution in [2.45, 2.75) is 85.2 Å². The van der Waals surface area contributed by atoms with Crippen LogP contribution in [0.4, 0.5) is 0 Å². The normalized spacial score (nSPS) is 12.0. The van der Waals surface area contributed by atoms with Crippen LogP contribution in [-0.2, 0) is 19.1 Å². The van der Waals surface area contributed by atoms with E-state index >= 15 is 0 Å². The molecule has 0 rings (SSSR count). The molecule has 0 fully saturated rings. The third-order valence-electron chi connectivity index (χ3n) is 5.01. The van der Waals surface area contributed by atoms with Crippen LogP contribution < -0.4 is 0 Å². The molecule has 0 spiro atoms. The Bertz CT molecular complexity index is 418. The molecule has 0 aliphatic carbocycles. The third-order valence-corrected chi connectivity index (χ3v) is 5.01. The molecule has 0 radical (unpaired) electrons. The number of unbranched alkanes of at least 4 members (excludes halogenated alkanes) is 4. The summed E-state index contributed by atoms with van der Waals surface area (Å²) in [5.74, 6) is -0.0910. The number of carbonyl (C=O) groups is 2. The van der Waals surface area contributed by atoms with Crippen LogP contribution in [0.15, 0.2) is 0 Å². The maximum absolute atomic E-state index is 12.5. The minimum atomic E-state index is -0.610. The summed E-state index contributed by atoms with van der Waals surface area (Å²) in [6, 6.07) is 0. The Kier molecular flexibility index (Phi) is 19.0. The summed E-state index contributed by atoms with van der Waals surface area (Å²) in [7, 11) is 0. The summed E-state index contributed by atoms with van der Waals surface area (Å²) in [5, 5.41) is 9.54. The van der Waals surface area contributed by atoms with Gasteiger partial charge in [-0.15, -0.1) is 0 Å². The number of carbonyl (C=O) groups excluding carboxylic acids is 2. The highest BCUT2D eigenvalue weighted by atomic mass is 16.5. The lowest BCUT2D eigenvalue weighted by Gasteiger charge is -2.24. The number of amides is 2. The van der Waals surface area contributed by atoms with E-state index in [1.54, 1.807) is 0 Å².